The van der Waals surface area contributed by atoms with Crippen molar-refractivity contribution in [2.24, 2.45) is 0 Å². The van der Waals surface area contributed by atoms with Crippen LogP contribution < -0.4 is 10.2 Å². The van der Waals surface area contributed by atoms with Crippen LogP contribution in [-0.2, 0) is 22.7 Å². The van der Waals surface area contributed by atoms with E-state index in [-0.39, 0.29) is 18.4 Å². The van der Waals surface area contributed by atoms with Gasteiger partial charge in [-0.1, -0.05) is 72.3 Å². The molecular formula is C32H31N7O2. The quantitative estimate of drug-likeness (QED) is 0.287. The standard InChI is InChI=1S/C32H31N7O2/c1-22-10-13-27(14-11-22)31-35-37-38(36-31)21-29(40)39(28-19-23(2)9-12-24(28)3)30(26-15-17-33-18-16-26)32(41)34-20-25-7-5-4-6-8-25/h4-19,30H,20-21H2,1-3H3,(H,34,41)/t30-/m0/s1. The summed E-state index contributed by atoms with van der Waals surface area (Å²) in [7, 11) is 0. The van der Waals surface area contributed by atoms with E-state index >= 15 is 0 Å². The normalized spacial score (nSPS) is 11.6. The number of anilines is 1. The lowest BCUT2D eigenvalue weighted by atomic mass is 10.0. The summed E-state index contributed by atoms with van der Waals surface area (Å²) in [4.78, 5) is 35.0. The number of carbonyl (C=O) groups excluding carboxylic acids is 2. The maximum Gasteiger partial charge on any atom is 0.251 e. The van der Waals surface area contributed by atoms with E-state index in [1.54, 1.807) is 24.5 Å². The molecule has 0 saturated heterocycles. The zero-order valence-corrected chi connectivity index (χ0v) is 23.2. The molecule has 9 nitrogen and oxygen atoms in total. The van der Waals surface area contributed by atoms with Crippen molar-refractivity contribution >= 4 is 17.5 Å². The van der Waals surface area contributed by atoms with E-state index in [2.05, 4.69) is 25.7 Å². The molecule has 0 fully saturated rings. The first-order valence-corrected chi connectivity index (χ1v) is 13.3. The molecule has 2 amide bonds. The fourth-order valence-corrected chi connectivity index (χ4v) is 4.57. The highest BCUT2D eigenvalue weighted by molar-refractivity contribution is 6.01. The van der Waals surface area contributed by atoms with Crippen molar-refractivity contribution in [3.8, 4) is 11.4 Å². The third-order valence-corrected chi connectivity index (χ3v) is 6.77. The zero-order valence-electron chi connectivity index (χ0n) is 23.2. The van der Waals surface area contributed by atoms with Crippen molar-refractivity contribution in [3.05, 3.63) is 125 Å². The fraction of sp³-hybridized carbons (Fsp3) is 0.188. The Morgan fingerprint density at radius 1 is 0.878 bits per heavy atom. The molecule has 2 aromatic heterocycles. The average Bonchev–Trinajstić information content (AvgIpc) is 3.45. The lowest BCUT2D eigenvalue weighted by Gasteiger charge is -2.32. The van der Waals surface area contributed by atoms with E-state index in [4.69, 9.17) is 0 Å². The maximum atomic E-state index is 14.2. The molecule has 0 unspecified atom stereocenters. The van der Waals surface area contributed by atoms with Crippen molar-refractivity contribution in [3.63, 3.8) is 0 Å². The number of carbonyl (C=O) groups is 2. The highest BCUT2D eigenvalue weighted by atomic mass is 16.2. The summed E-state index contributed by atoms with van der Waals surface area (Å²) in [5.74, 6) is -0.258. The van der Waals surface area contributed by atoms with Gasteiger partial charge < -0.3 is 5.32 Å². The van der Waals surface area contributed by atoms with E-state index in [0.29, 0.717) is 23.6 Å². The highest BCUT2D eigenvalue weighted by Gasteiger charge is 2.34. The highest BCUT2D eigenvalue weighted by Crippen LogP contribution is 2.31. The fourth-order valence-electron chi connectivity index (χ4n) is 4.57. The van der Waals surface area contributed by atoms with Gasteiger partial charge in [-0.15, -0.1) is 10.2 Å². The molecule has 0 radical (unpaired) electrons. The maximum absolute atomic E-state index is 14.2. The molecule has 5 aromatic rings. The number of nitrogens with zero attached hydrogens (tertiary/aromatic N) is 6. The Balaban J connectivity index is 1.51. The van der Waals surface area contributed by atoms with Gasteiger partial charge in [-0.3, -0.25) is 19.5 Å². The number of amides is 2. The van der Waals surface area contributed by atoms with Gasteiger partial charge >= 0.3 is 0 Å². The third kappa shape index (κ3) is 6.52. The Hall–Kier alpha value is -5.18. The zero-order chi connectivity index (χ0) is 28.8. The first kappa shape index (κ1) is 27.4. The number of hydrogen-bond donors (Lipinski definition) is 1. The van der Waals surface area contributed by atoms with Crippen LogP contribution in [-0.4, -0.2) is 37.0 Å². The third-order valence-electron chi connectivity index (χ3n) is 6.77. The molecule has 0 aliphatic heterocycles. The van der Waals surface area contributed by atoms with Gasteiger partial charge in [-0.05, 0) is 66.4 Å². The molecule has 0 saturated carbocycles. The molecule has 5 rings (SSSR count). The molecule has 41 heavy (non-hydrogen) atoms. The minimum atomic E-state index is -0.963. The second-order valence-corrected chi connectivity index (χ2v) is 9.95. The molecule has 1 atom stereocenters. The first-order chi connectivity index (χ1) is 19.9. The SMILES string of the molecule is Cc1ccc(-c2nnn(CC(=O)N(c3cc(C)ccc3C)[C@H](C(=O)NCc3ccccc3)c3ccncc3)n2)cc1. The Bertz CT molecular complexity index is 1630. The summed E-state index contributed by atoms with van der Waals surface area (Å²) < 4.78 is 0. The number of rotatable bonds is 9. The average molecular weight is 546 g/mol. The minimum Gasteiger partial charge on any atom is -0.350 e. The molecule has 0 aliphatic carbocycles. The predicted octanol–water partition coefficient (Wildman–Crippen LogP) is 4.75. The van der Waals surface area contributed by atoms with Crippen LogP contribution in [0.4, 0.5) is 5.69 Å². The number of aromatic nitrogens is 5. The Labute approximate surface area is 238 Å². The van der Waals surface area contributed by atoms with E-state index < -0.39 is 6.04 Å². The van der Waals surface area contributed by atoms with Gasteiger partial charge in [0, 0.05) is 30.2 Å². The van der Waals surface area contributed by atoms with Crippen LogP contribution in [0.25, 0.3) is 11.4 Å². The van der Waals surface area contributed by atoms with Gasteiger partial charge in [-0.2, -0.15) is 4.80 Å². The van der Waals surface area contributed by atoms with Gasteiger partial charge in [0.1, 0.15) is 12.6 Å². The summed E-state index contributed by atoms with van der Waals surface area (Å²) in [6.45, 7) is 5.99. The minimum absolute atomic E-state index is 0.209. The molecule has 1 N–H and O–H groups in total. The summed E-state index contributed by atoms with van der Waals surface area (Å²) in [6, 6.07) is 25.8. The predicted molar refractivity (Wildman–Crippen MR) is 157 cm³/mol. The second-order valence-electron chi connectivity index (χ2n) is 9.95. The number of pyridine rings is 1. The van der Waals surface area contributed by atoms with Gasteiger partial charge in [-0.25, -0.2) is 0 Å². The van der Waals surface area contributed by atoms with Crippen molar-refractivity contribution < 1.29 is 9.59 Å². The number of nitrogens with one attached hydrogen (secondary N) is 1. The molecule has 0 spiro atoms. The van der Waals surface area contributed by atoms with Gasteiger partial charge in [0.25, 0.3) is 5.91 Å². The van der Waals surface area contributed by atoms with Crippen molar-refractivity contribution in [1.29, 1.82) is 0 Å². The summed E-state index contributed by atoms with van der Waals surface area (Å²) >= 11 is 0. The summed E-state index contributed by atoms with van der Waals surface area (Å²) in [6.07, 6.45) is 3.23. The van der Waals surface area contributed by atoms with Crippen LogP contribution in [0.15, 0.2) is 97.3 Å². The van der Waals surface area contributed by atoms with Crippen LogP contribution in [0.1, 0.15) is 33.9 Å². The monoisotopic (exact) mass is 545 g/mol. The largest absolute Gasteiger partial charge is 0.350 e. The number of hydrogen-bond acceptors (Lipinski definition) is 6. The lowest BCUT2D eigenvalue weighted by molar-refractivity contribution is -0.127. The van der Waals surface area contributed by atoms with Crippen molar-refractivity contribution in [1.82, 2.24) is 30.5 Å². The number of aryl methyl sites for hydroxylation is 3. The Morgan fingerprint density at radius 2 is 1.59 bits per heavy atom. The van der Waals surface area contributed by atoms with Crippen LogP contribution in [0.3, 0.4) is 0 Å². The van der Waals surface area contributed by atoms with Crippen LogP contribution in [0.5, 0.6) is 0 Å². The topological polar surface area (TPSA) is 106 Å². The smallest absolute Gasteiger partial charge is 0.251 e. The molecule has 0 bridgehead atoms. The van der Waals surface area contributed by atoms with Crippen LogP contribution in [0.2, 0.25) is 0 Å². The Morgan fingerprint density at radius 3 is 2.32 bits per heavy atom. The molecular weight excluding hydrogens is 514 g/mol. The molecule has 9 heteroatoms. The van der Waals surface area contributed by atoms with E-state index in [0.717, 1.165) is 27.8 Å². The van der Waals surface area contributed by atoms with Gasteiger partial charge in [0.05, 0.1) is 0 Å². The van der Waals surface area contributed by atoms with Gasteiger partial charge in [0.2, 0.25) is 11.7 Å². The second kappa shape index (κ2) is 12.3. The lowest BCUT2D eigenvalue weighted by Crippen LogP contribution is -2.45. The van der Waals surface area contributed by atoms with Crippen molar-refractivity contribution in [2.75, 3.05) is 4.90 Å². The van der Waals surface area contributed by atoms with Crippen LogP contribution >= 0.6 is 0 Å². The number of benzene rings is 3. The molecule has 2 heterocycles. The van der Waals surface area contributed by atoms with E-state index in [9.17, 15) is 9.59 Å². The summed E-state index contributed by atoms with van der Waals surface area (Å²) in [5, 5.41) is 15.8. The van der Waals surface area contributed by atoms with E-state index in [1.807, 2.05) is 93.6 Å². The number of tetrazole rings is 1. The van der Waals surface area contributed by atoms with Crippen molar-refractivity contribution in [2.45, 2.75) is 39.9 Å². The van der Waals surface area contributed by atoms with Gasteiger partial charge in [0.15, 0.2) is 0 Å². The molecule has 0 aliphatic rings. The van der Waals surface area contributed by atoms with Crippen LogP contribution in [0, 0.1) is 20.8 Å². The molecule has 206 valence electrons. The van der Waals surface area contributed by atoms with E-state index in [1.165, 1.54) is 9.70 Å². The first-order valence-electron chi connectivity index (χ1n) is 13.3. The molecule has 3 aromatic carbocycles. The summed E-state index contributed by atoms with van der Waals surface area (Å²) in [5.41, 5.74) is 5.95. The Kier molecular flexibility index (Phi) is 8.24.